The molecule has 0 unspecified atom stereocenters. The van der Waals surface area contributed by atoms with E-state index >= 15 is 0 Å². The van der Waals surface area contributed by atoms with Gasteiger partial charge in [-0.2, -0.15) is 0 Å². The van der Waals surface area contributed by atoms with Crippen molar-refractivity contribution in [3.05, 3.63) is 64.1 Å². The summed E-state index contributed by atoms with van der Waals surface area (Å²) in [5.74, 6) is 0.262. The van der Waals surface area contributed by atoms with Gasteiger partial charge in [0.2, 0.25) is 0 Å². The quantitative estimate of drug-likeness (QED) is 0.745. The van der Waals surface area contributed by atoms with Gasteiger partial charge < -0.3 is 5.32 Å². The molecule has 2 atom stereocenters. The molecule has 1 aliphatic carbocycles. The SMILES string of the molecule is O=C1CCCC[C@@H]1[C@H](Nc1ccccc1)c1ccc(Cl)cc1Cl. The van der Waals surface area contributed by atoms with E-state index in [1.165, 1.54) is 0 Å². The van der Waals surface area contributed by atoms with Crippen molar-refractivity contribution < 1.29 is 4.79 Å². The molecule has 0 spiro atoms. The minimum Gasteiger partial charge on any atom is -0.377 e. The van der Waals surface area contributed by atoms with Crippen LogP contribution in [-0.2, 0) is 4.79 Å². The molecule has 2 aromatic rings. The topological polar surface area (TPSA) is 29.1 Å². The highest BCUT2D eigenvalue weighted by atomic mass is 35.5. The van der Waals surface area contributed by atoms with Crippen molar-refractivity contribution in [3.8, 4) is 0 Å². The zero-order chi connectivity index (χ0) is 16.2. The highest BCUT2D eigenvalue weighted by Gasteiger charge is 2.32. The summed E-state index contributed by atoms with van der Waals surface area (Å²) in [6, 6.07) is 15.3. The molecular formula is C19H19Cl2NO. The van der Waals surface area contributed by atoms with Crippen LogP contribution in [0, 0.1) is 5.92 Å². The van der Waals surface area contributed by atoms with Crippen LogP contribution >= 0.6 is 23.2 Å². The van der Waals surface area contributed by atoms with Crippen LogP contribution in [0.5, 0.6) is 0 Å². The molecule has 0 bridgehead atoms. The summed E-state index contributed by atoms with van der Waals surface area (Å²) in [4.78, 5) is 12.5. The number of ketones is 1. The standard InChI is InChI=1S/C19H19Cl2NO/c20-13-10-11-15(17(21)12-13)19(16-8-4-5-9-18(16)23)22-14-6-2-1-3-7-14/h1-3,6-7,10-12,16,19,22H,4-5,8-9H2/t16-,19+/m0/s1. The van der Waals surface area contributed by atoms with Gasteiger partial charge in [0, 0.05) is 28.1 Å². The Morgan fingerprint density at radius 3 is 2.52 bits per heavy atom. The molecule has 1 fully saturated rings. The molecule has 0 saturated heterocycles. The van der Waals surface area contributed by atoms with Gasteiger partial charge >= 0.3 is 0 Å². The van der Waals surface area contributed by atoms with Gasteiger partial charge in [-0.1, -0.05) is 53.9 Å². The molecule has 2 nitrogen and oxygen atoms in total. The molecule has 2 aromatic carbocycles. The number of hydrogen-bond acceptors (Lipinski definition) is 2. The van der Waals surface area contributed by atoms with Gasteiger partial charge in [0.1, 0.15) is 5.78 Å². The Labute approximate surface area is 146 Å². The molecule has 1 saturated carbocycles. The van der Waals surface area contributed by atoms with Gasteiger partial charge in [-0.3, -0.25) is 4.79 Å². The molecule has 1 N–H and O–H groups in total. The fourth-order valence-corrected chi connectivity index (χ4v) is 3.75. The molecule has 23 heavy (non-hydrogen) atoms. The second kappa shape index (κ2) is 7.37. The fourth-order valence-electron chi connectivity index (χ4n) is 3.23. The monoisotopic (exact) mass is 347 g/mol. The van der Waals surface area contributed by atoms with Crippen LogP contribution in [0.1, 0.15) is 37.3 Å². The maximum atomic E-state index is 12.5. The van der Waals surface area contributed by atoms with Crippen molar-refractivity contribution in [2.45, 2.75) is 31.7 Å². The Morgan fingerprint density at radius 2 is 1.83 bits per heavy atom. The van der Waals surface area contributed by atoms with Crippen LogP contribution in [0.4, 0.5) is 5.69 Å². The third-order valence-electron chi connectivity index (χ3n) is 4.40. The molecule has 0 aliphatic heterocycles. The number of carbonyl (C=O) groups is 1. The zero-order valence-corrected chi connectivity index (χ0v) is 14.3. The van der Waals surface area contributed by atoms with E-state index in [0.29, 0.717) is 22.2 Å². The summed E-state index contributed by atoms with van der Waals surface area (Å²) in [7, 11) is 0. The van der Waals surface area contributed by atoms with Crippen LogP contribution in [-0.4, -0.2) is 5.78 Å². The molecule has 0 aromatic heterocycles. The lowest BCUT2D eigenvalue weighted by Crippen LogP contribution is -2.30. The third-order valence-corrected chi connectivity index (χ3v) is 4.96. The van der Waals surface area contributed by atoms with Crippen molar-refractivity contribution in [1.82, 2.24) is 0 Å². The molecule has 1 aliphatic rings. The van der Waals surface area contributed by atoms with E-state index in [-0.39, 0.29) is 12.0 Å². The Balaban J connectivity index is 1.96. The van der Waals surface area contributed by atoms with Gasteiger partial charge in [-0.05, 0) is 42.7 Å². The van der Waals surface area contributed by atoms with Gasteiger partial charge in [0.05, 0.1) is 6.04 Å². The van der Waals surface area contributed by atoms with E-state index in [1.54, 1.807) is 6.07 Å². The number of benzene rings is 2. The number of carbonyl (C=O) groups excluding carboxylic acids is 1. The van der Waals surface area contributed by atoms with E-state index < -0.39 is 0 Å². The fraction of sp³-hybridized carbons (Fsp3) is 0.316. The van der Waals surface area contributed by atoms with Crippen molar-refractivity contribution in [2.75, 3.05) is 5.32 Å². The lowest BCUT2D eigenvalue weighted by molar-refractivity contribution is -0.125. The smallest absolute Gasteiger partial charge is 0.138 e. The first kappa shape index (κ1) is 16.4. The molecule has 0 amide bonds. The second-order valence-corrected chi connectivity index (χ2v) is 6.82. The third kappa shape index (κ3) is 3.88. The van der Waals surface area contributed by atoms with Gasteiger partial charge in [0.15, 0.2) is 0 Å². The summed E-state index contributed by atoms with van der Waals surface area (Å²) in [5.41, 5.74) is 1.92. The summed E-state index contributed by atoms with van der Waals surface area (Å²) >= 11 is 12.4. The first-order chi connectivity index (χ1) is 11.1. The molecule has 3 rings (SSSR count). The largest absolute Gasteiger partial charge is 0.377 e. The van der Waals surface area contributed by atoms with E-state index in [2.05, 4.69) is 5.32 Å². The van der Waals surface area contributed by atoms with E-state index in [1.807, 2.05) is 42.5 Å². The average Bonchev–Trinajstić information content (AvgIpc) is 2.55. The summed E-state index contributed by atoms with van der Waals surface area (Å²) in [5, 5.41) is 4.71. The van der Waals surface area contributed by atoms with Crippen LogP contribution in [0.3, 0.4) is 0 Å². The molecule has 120 valence electrons. The first-order valence-corrected chi connectivity index (χ1v) is 8.70. The first-order valence-electron chi connectivity index (χ1n) is 7.94. The summed E-state index contributed by atoms with van der Waals surface area (Å²) in [6.07, 6.45) is 3.61. The van der Waals surface area contributed by atoms with Crippen molar-refractivity contribution in [1.29, 1.82) is 0 Å². The number of halogens is 2. The number of hydrogen-bond donors (Lipinski definition) is 1. The normalized spacial score (nSPS) is 19.4. The molecule has 0 radical (unpaired) electrons. The van der Waals surface area contributed by atoms with Crippen LogP contribution in [0.25, 0.3) is 0 Å². The molecular weight excluding hydrogens is 329 g/mol. The maximum Gasteiger partial charge on any atom is 0.138 e. The lowest BCUT2D eigenvalue weighted by atomic mass is 9.80. The number of rotatable bonds is 4. The highest BCUT2D eigenvalue weighted by Crippen LogP contribution is 2.38. The summed E-state index contributed by atoms with van der Waals surface area (Å²) in [6.45, 7) is 0. The Morgan fingerprint density at radius 1 is 1.04 bits per heavy atom. The number of para-hydroxylation sites is 1. The Hall–Kier alpha value is -1.51. The molecule has 4 heteroatoms. The lowest BCUT2D eigenvalue weighted by Gasteiger charge is -2.31. The number of Topliss-reactive ketones (excluding diaryl/α,β-unsaturated/α-hetero) is 1. The Bertz CT molecular complexity index is 687. The minimum atomic E-state index is -0.130. The number of nitrogens with one attached hydrogen (secondary N) is 1. The Kier molecular flexibility index (Phi) is 5.24. The molecule has 0 heterocycles. The minimum absolute atomic E-state index is 0.0531. The van der Waals surface area contributed by atoms with Crippen molar-refractivity contribution >= 4 is 34.7 Å². The van der Waals surface area contributed by atoms with Crippen molar-refractivity contribution in [3.63, 3.8) is 0 Å². The van der Waals surface area contributed by atoms with Crippen LogP contribution in [0.15, 0.2) is 48.5 Å². The van der Waals surface area contributed by atoms with Crippen LogP contribution < -0.4 is 5.32 Å². The highest BCUT2D eigenvalue weighted by molar-refractivity contribution is 6.35. The summed E-state index contributed by atoms with van der Waals surface area (Å²) < 4.78 is 0. The van der Waals surface area contributed by atoms with E-state index in [4.69, 9.17) is 23.2 Å². The predicted octanol–water partition coefficient (Wildman–Crippen LogP) is 5.91. The number of anilines is 1. The average molecular weight is 348 g/mol. The maximum absolute atomic E-state index is 12.5. The zero-order valence-electron chi connectivity index (χ0n) is 12.8. The van der Waals surface area contributed by atoms with Gasteiger partial charge in [-0.15, -0.1) is 0 Å². The van der Waals surface area contributed by atoms with Gasteiger partial charge in [-0.25, -0.2) is 0 Å². The van der Waals surface area contributed by atoms with Gasteiger partial charge in [0.25, 0.3) is 0 Å². The van der Waals surface area contributed by atoms with E-state index in [0.717, 1.165) is 30.5 Å². The van der Waals surface area contributed by atoms with Crippen molar-refractivity contribution in [2.24, 2.45) is 5.92 Å². The second-order valence-electron chi connectivity index (χ2n) is 5.97. The van der Waals surface area contributed by atoms with E-state index in [9.17, 15) is 4.79 Å². The predicted molar refractivity (Wildman–Crippen MR) is 96.2 cm³/mol. The van der Waals surface area contributed by atoms with Crippen LogP contribution in [0.2, 0.25) is 10.0 Å².